The summed E-state index contributed by atoms with van der Waals surface area (Å²) in [5.74, 6) is 0.692. The first-order valence-electron chi connectivity index (χ1n) is 17.7. The van der Waals surface area contributed by atoms with Gasteiger partial charge in [0.05, 0.1) is 27.0 Å². The average molecular weight is 696 g/mol. The van der Waals surface area contributed by atoms with E-state index in [4.69, 9.17) is 14.4 Å². The SMILES string of the molecule is c1ccc(N(c2ccccc2)c2cccc3oc4c5ccccc5c(-c5nc(-c6ccc7ccccc7c6)c6sc7ccccc7c6n5)cc4c23)cc1. The first kappa shape index (κ1) is 29.9. The van der Waals surface area contributed by atoms with E-state index in [9.17, 15) is 0 Å². The number of anilines is 3. The van der Waals surface area contributed by atoms with Gasteiger partial charge in [-0.3, -0.25) is 0 Å². The Morgan fingerprint density at radius 3 is 1.98 bits per heavy atom. The molecule has 0 spiro atoms. The molecule has 0 saturated heterocycles. The maximum absolute atomic E-state index is 6.80. The van der Waals surface area contributed by atoms with Gasteiger partial charge in [-0.2, -0.15) is 0 Å². The van der Waals surface area contributed by atoms with Gasteiger partial charge in [0.25, 0.3) is 0 Å². The van der Waals surface area contributed by atoms with E-state index < -0.39 is 0 Å². The third-order valence-electron chi connectivity index (χ3n) is 10.2. The summed E-state index contributed by atoms with van der Waals surface area (Å²) in [5.41, 5.74) is 8.82. The molecule has 0 saturated carbocycles. The van der Waals surface area contributed by atoms with E-state index in [1.807, 2.05) is 0 Å². The number of thiophene rings is 1. The number of fused-ring (bicyclic) bond motifs is 9. The second-order valence-corrected chi connectivity index (χ2v) is 14.4. The van der Waals surface area contributed by atoms with Crippen molar-refractivity contribution in [3.63, 3.8) is 0 Å². The van der Waals surface area contributed by atoms with Crippen LogP contribution in [-0.2, 0) is 0 Å². The van der Waals surface area contributed by atoms with Gasteiger partial charge in [-0.1, -0.05) is 121 Å². The Bertz CT molecular complexity index is 3150. The third kappa shape index (κ3) is 4.75. The van der Waals surface area contributed by atoms with Crippen molar-refractivity contribution in [3.05, 3.63) is 176 Å². The van der Waals surface area contributed by atoms with Gasteiger partial charge in [-0.15, -0.1) is 11.3 Å². The lowest BCUT2D eigenvalue weighted by molar-refractivity contribution is 0.672. The quantitative estimate of drug-likeness (QED) is 0.180. The molecule has 0 aliphatic carbocycles. The lowest BCUT2D eigenvalue weighted by atomic mass is 9.98. The van der Waals surface area contributed by atoms with Crippen molar-refractivity contribution in [2.24, 2.45) is 0 Å². The molecule has 0 N–H and O–H groups in total. The zero-order valence-corrected chi connectivity index (χ0v) is 29.2. The fourth-order valence-corrected chi connectivity index (χ4v) is 8.98. The van der Waals surface area contributed by atoms with Crippen LogP contribution in [0, 0.1) is 0 Å². The highest BCUT2D eigenvalue weighted by atomic mass is 32.1. The fraction of sp³-hybridized carbons (Fsp3) is 0. The monoisotopic (exact) mass is 695 g/mol. The highest BCUT2D eigenvalue weighted by Gasteiger charge is 2.23. The minimum Gasteiger partial charge on any atom is -0.455 e. The predicted octanol–water partition coefficient (Wildman–Crippen LogP) is 13.9. The Morgan fingerprint density at radius 1 is 0.509 bits per heavy atom. The third-order valence-corrected chi connectivity index (χ3v) is 11.4. The van der Waals surface area contributed by atoms with Crippen LogP contribution >= 0.6 is 11.3 Å². The summed E-state index contributed by atoms with van der Waals surface area (Å²) < 4.78 is 9.09. The summed E-state index contributed by atoms with van der Waals surface area (Å²) in [5, 5.41) is 7.67. The fourth-order valence-electron chi connectivity index (χ4n) is 7.83. The molecule has 0 radical (unpaired) electrons. The number of nitrogens with zero attached hydrogens (tertiary/aromatic N) is 3. The summed E-state index contributed by atoms with van der Waals surface area (Å²) in [6.45, 7) is 0. The number of rotatable bonds is 5. The summed E-state index contributed by atoms with van der Waals surface area (Å²) in [7, 11) is 0. The van der Waals surface area contributed by atoms with Crippen molar-refractivity contribution >= 4 is 92.2 Å². The molecule has 248 valence electrons. The van der Waals surface area contributed by atoms with Crippen LogP contribution in [0.2, 0.25) is 0 Å². The molecule has 0 bridgehead atoms. The van der Waals surface area contributed by atoms with Crippen LogP contribution in [0.25, 0.3) is 86.4 Å². The zero-order chi connectivity index (χ0) is 34.9. The Labute approximate surface area is 308 Å². The molecule has 0 atom stereocenters. The molecular weight excluding hydrogens is 667 g/mol. The van der Waals surface area contributed by atoms with Crippen LogP contribution < -0.4 is 4.90 Å². The number of hydrogen-bond donors (Lipinski definition) is 0. The van der Waals surface area contributed by atoms with Crippen LogP contribution in [0.3, 0.4) is 0 Å². The Kier molecular flexibility index (Phi) is 6.69. The summed E-state index contributed by atoms with van der Waals surface area (Å²) in [6, 6.07) is 61.8. The van der Waals surface area contributed by atoms with Gasteiger partial charge in [0.2, 0.25) is 0 Å². The Balaban J connectivity index is 1.23. The first-order chi connectivity index (χ1) is 26.3. The van der Waals surface area contributed by atoms with Crippen molar-refractivity contribution < 1.29 is 4.42 Å². The van der Waals surface area contributed by atoms with Gasteiger partial charge in [0.15, 0.2) is 5.82 Å². The minimum absolute atomic E-state index is 0.692. The second-order valence-electron chi connectivity index (χ2n) is 13.3. The average Bonchev–Trinajstić information content (AvgIpc) is 3.80. The molecule has 11 rings (SSSR count). The van der Waals surface area contributed by atoms with Crippen LogP contribution in [0.1, 0.15) is 0 Å². The van der Waals surface area contributed by atoms with E-state index in [-0.39, 0.29) is 0 Å². The second kappa shape index (κ2) is 11.9. The number of benzene rings is 8. The van der Waals surface area contributed by atoms with Gasteiger partial charge in [0, 0.05) is 43.4 Å². The molecule has 0 aliphatic rings. The molecule has 0 unspecified atom stereocenters. The minimum atomic E-state index is 0.692. The van der Waals surface area contributed by atoms with Crippen molar-refractivity contribution in [2.45, 2.75) is 0 Å². The number of hydrogen-bond acceptors (Lipinski definition) is 5. The molecule has 5 heteroatoms. The molecule has 0 amide bonds. The van der Waals surface area contributed by atoms with Crippen molar-refractivity contribution in [1.29, 1.82) is 0 Å². The molecule has 3 aromatic heterocycles. The van der Waals surface area contributed by atoms with Gasteiger partial charge < -0.3 is 9.32 Å². The molecule has 0 fully saturated rings. The summed E-state index contributed by atoms with van der Waals surface area (Å²) in [4.78, 5) is 13.2. The molecular formula is C48H29N3OS. The molecule has 11 aromatic rings. The van der Waals surface area contributed by atoms with Gasteiger partial charge in [-0.25, -0.2) is 9.97 Å². The molecule has 0 aliphatic heterocycles. The summed E-state index contributed by atoms with van der Waals surface area (Å²) in [6.07, 6.45) is 0. The topological polar surface area (TPSA) is 42.2 Å². The number of aromatic nitrogens is 2. The van der Waals surface area contributed by atoms with E-state index in [1.165, 1.54) is 15.5 Å². The van der Waals surface area contributed by atoms with Crippen LogP contribution in [0.15, 0.2) is 180 Å². The van der Waals surface area contributed by atoms with E-state index in [0.29, 0.717) is 5.82 Å². The van der Waals surface area contributed by atoms with Crippen LogP contribution in [-0.4, -0.2) is 9.97 Å². The highest BCUT2D eigenvalue weighted by Crippen LogP contribution is 2.47. The van der Waals surface area contributed by atoms with E-state index in [0.717, 1.165) is 82.2 Å². The van der Waals surface area contributed by atoms with Gasteiger partial charge in [-0.05, 0) is 70.8 Å². The lowest BCUT2D eigenvalue weighted by Crippen LogP contribution is -2.09. The molecule has 4 nitrogen and oxygen atoms in total. The van der Waals surface area contributed by atoms with E-state index in [1.54, 1.807) is 11.3 Å². The van der Waals surface area contributed by atoms with E-state index >= 15 is 0 Å². The first-order valence-corrected chi connectivity index (χ1v) is 18.6. The van der Waals surface area contributed by atoms with E-state index in [2.05, 4.69) is 181 Å². The predicted molar refractivity (Wildman–Crippen MR) is 223 cm³/mol. The zero-order valence-electron chi connectivity index (χ0n) is 28.4. The van der Waals surface area contributed by atoms with Gasteiger partial charge >= 0.3 is 0 Å². The smallest absolute Gasteiger partial charge is 0.161 e. The molecule has 3 heterocycles. The standard InChI is InChI=1S/C48H29N3OS/c1-3-16-33(17-4-1)51(34-18-5-2-6-19-34)40-23-13-24-41-43(40)39-29-38(35-20-9-10-21-36(35)46(39)52-41)48-49-44(32-27-26-30-14-7-8-15-31(30)28-32)47-45(50-48)37-22-11-12-25-42(37)53-47/h1-29H. The largest absolute Gasteiger partial charge is 0.455 e. The Hall–Kier alpha value is -6.82. The Morgan fingerprint density at radius 2 is 1.19 bits per heavy atom. The maximum Gasteiger partial charge on any atom is 0.161 e. The number of furan rings is 1. The highest BCUT2D eigenvalue weighted by molar-refractivity contribution is 7.26. The van der Waals surface area contributed by atoms with Gasteiger partial charge in [0.1, 0.15) is 11.2 Å². The van der Waals surface area contributed by atoms with Crippen LogP contribution in [0.5, 0.6) is 0 Å². The van der Waals surface area contributed by atoms with Crippen LogP contribution in [0.4, 0.5) is 17.1 Å². The maximum atomic E-state index is 6.80. The number of para-hydroxylation sites is 2. The molecule has 8 aromatic carbocycles. The normalized spacial score (nSPS) is 11.8. The van der Waals surface area contributed by atoms with Crippen molar-refractivity contribution in [1.82, 2.24) is 9.97 Å². The van der Waals surface area contributed by atoms with Crippen molar-refractivity contribution in [2.75, 3.05) is 4.90 Å². The summed E-state index contributed by atoms with van der Waals surface area (Å²) >= 11 is 1.76. The molecule has 53 heavy (non-hydrogen) atoms. The van der Waals surface area contributed by atoms with Crippen molar-refractivity contribution in [3.8, 4) is 22.6 Å². The lowest BCUT2D eigenvalue weighted by Gasteiger charge is -2.26.